The average molecular weight is 284 g/mol. The maximum absolute atomic E-state index is 12.0. The molecule has 1 aliphatic heterocycles. The van der Waals surface area contributed by atoms with E-state index >= 15 is 0 Å². The van der Waals surface area contributed by atoms with Gasteiger partial charge in [-0.25, -0.2) is 0 Å². The van der Waals surface area contributed by atoms with Crippen LogP contribution in [-0.4, -0.2) is 25.1 Å². The zero-order chi connectivity index (χ0) is 14.5. The quantitative estimate of drug-likeness (QED) is 0.842. The predicted molar refractivity (Wildman–Crippen MR) is 70.7 cm³/mol. The fourth-order valence-electron chi connectivity index (χ4n) is 2.21. The van der Waals surface area contributed by atoms with E-state index in [1.165, 1.54) is 12.1 Å². The highest BCUT2D eigenvalue weighted by Crippen LogP contribution is 2.19. The molecule has 0 saturated carbocycles. The Bertz CT molecular complexity index is 451. The fourth-order valence-corrected chi connectivity index (χ4v) is 2.21. The van der Waals surface area contributed by atoms with Gasteiger partial charge in [0.05, 0.1) is 0 Å². The van der Waals surface area contributed by atoms with Gasteiger partial charge >= 0.3 is 6.61 Å². The van der Waals surface area contributed by atoms with Crippen LogP contribution in [0, 0.1) is 0 Å². The van der Waals surface area contributed by atoms with E-state index in [9.17, 15) is 13.6 Å². The standard InChI is InChI=1S/C14H18F2N2O2/c1-9(17-8-11-4-7-13(19)18-11)10-2-5-12(6-3-10)20-14(15)16/h2-3,5-6,9,11,14,17H,4,7-8H2,1H3,(H,18,19). The van der Waals surface area contributed by atoms with Crippen molar-refractivity contribution in [1.82, 2.24) is 10.6 Å². The molecule has 1 heterocycles. The van der Waals surface area contributed by atoms with E-state index < -0.39 is 6.61 Å². The molecule has 2 unspecified atom stereocenters. The number of hydrogen-bond donors (Lipinski definition) is 2. The summed E-state index contributed by atoms with van der Waals surface area (Å²) in [7, 11) is 0. The number of carbonyl (C=O) groups excluding carboxylic acids is 1. The van der Waals surface area contributed by atoms with Gasteiger partial charge in [0.25, 0.3) is 0 Å². The van der Waals surface area contributed by atoms with Crippen molar-refractivity contribution in [1.29, 1.82) is 0 Å². The third-order valence-corrected chi connectivity index (χ3v) is 3.36. The monoisotopic (exact) mass is 284 g/mol. The lowest BCUT2D eigenvalue weighted by Gasteiger charge is -2.18. The van der Waals surface area contributed by atoms with Gasteiger partial charge in [-0.1, -0.05) is 12.1 Å². The number of ether oxygens (including phenoxy) is 1. The lowest BCUT2D eigenvalue weighted by Crippen LogP contribution is -2.36. The van der Waals surface area contributed by atoms with E-state index in [0.717, 1.165) is 12.0 Å². The molecule has 1 saturated heterocycles. The fraction of sp³-hybridized carbons (Fsp3) is 0.500. The highest BCUT2D eigenvalue weighted by atomic mass is 19.3. The molecule has 1 fully saturated rings. The van der Waals surface area contributed by atoms with Crippen LogP contribution >= 0.6 is 0 Å². The van der Waals surface area contributed by atoms with Gasteiger partial charge in [-0.3, -0.25) is 4.79 Å². The largest absolute Gasteiger partial charge is 0.435 e. The smallest absolute Gasteiger partial charge is 0.387 e. The van der Waals surface area contributed by atoms with Gasteiger partial charge in [0.15, 0.2) is 0 Å². The van der Waals surface area contributed by atoms with Crippen molar-refractivity contribution in [2.24, 2.45) is 0 Å². The molecule has 110 valence electrons. The number of benzene rings is 1. The Morgan fingerprint density at radius 1 is 1.40 bits per heavy atom. The first-order valence-electron chi connectivity index (χ1n) is 6.62. The third-order valence-electron chi connectivity index (χ3n) is 3.36. The van der Waals surface area contributed by atoms with E-state index in [4.69, 9.17) is 0 Å². The van der Waals surface area contributed by atoms with Crippen molar-refractivity contribution in [3.63, 3.8) is 0 Å². The second-order valence-corrected chi connectivity index (χ2v) is 4.88. The summed E-state index contributed by atoms with van der Waals surface area (Å²) in [5.74, 6) is 0.247. The maximum Gasteiger partial charge on any atom is 0.387 e. The summed E-state index contributed by atoms with van der Waals surface area (Å²) >= 11 is 0. The molecule has 2 N–H and O–H groups in total. The van der Waals surface area contributed by atoms with Crippen LogP contribution in [0.2, 0.25) is 0 Å². The molecular formula is C14H18F2N2O2. The van der Waals surface area contributed by atoms with Crippen LogP contribution in [0.1, 0.15) is 31.4 Å². The van der Waals surface area contributed by atoms with Crippen molar-refractivity contribution < 1.29 is 18.3 Å². The first kappa shape index (κ1) is 14.7. The summed E-state index contributed by atoms with van der Waals surface area (Å²) in [6.45, 7) is -0.121. The maximum atomic E-state index is 12.0. The molecule has 4 nitrogen and oxygen atoms in total. The van der Waals surface area contributed by atoms with Crippen LogP contribution in [0.25, 0.3) is 0 Å². The summed E-state index contributed by atoms with van der Waals surface area (Å²) in [6.07, 6.45) is 1.43. The summed E-state index contributed by atoms with van der Waals surface area (Å²) in [4.78, 5) is 11.1. The molecule has 1 amide bonds. The Morgan fingerprint density at radius 3 is 2.65 bits per heavy atom. The molecule has 2 rings (SSSR count). The Hall–Kier alpha value is -1.69. The molecule has 2 atom stereocenters. The summed E-state index contributed by atoms with van der Waals surface area (Å²) < 4.78 is 28.4. The van der Waals surface area contributed by atoms with Crippen molar-refractivity contribution >= 4 is 5.91 Å². The first-order valence-corrected chi connectivity index (χ1v) is 6.62. The Morgan fingerprint density at radius 2 is 2.10 bits per heavy atom. The Labute approximate surface area is 116 Å². The minimum atomic E-state index is -2.80. The van der Waals surface area contributed by atoms with Crippen LogP contribution < -0.4 is 15.4 Å². The molecule has 1 aromatic carbocycles. The number of hydrogen-bond acceptors (Lipinski definition) is 3. The van der Waals surface area contributed by atoms with Gasteiger partial charge in [-0.05, 0) is 31.0 Å². The average Bonchev–Trinajstić information content (AvgIpc) is 2.82. The molecule has 0 aliphatic carbocycles. The highest BCUT2D eigenvalue weighted by Gasteiger charge is 2.20. The van der Waals surface area contributed by atoms with Crippen molar-refractivity contribution in [2.75, 3.05) is 6.54 Å². The molecule has 0 bridgehead atoms. The summed E-state index contributed by atoms with van der Waals surface area (Å²) in [5.41, 5.74) is 0.982. The second-order valence-electron chi connectivity index (χ2n) is 4.88. The van der Waals surface area contributed by atoms with Crippen molar-refractivity contribution in [3.05, 3.63) is 29.8 Å². The van der Waals surface area contributed by atoms with Gasteiger partial charge in [0, 0.05) is 25.0 Å². The van der Waals surface area contributed by atoms with Gasteiger partial charge in [0.2, 0.25) is 5.91 Å². The minimum Gasteiger partial charge on any atom is -0.435 e. The number of alkyl halides is 2. The van der Waals surface area contributed by atoms with Gasteiger partial charge in [-0.2, -0.15) is 8.78 Å². The first-order chi connectivity index (χ1) is 9.54. The topological polar surface area (TPSA) is 50.4 Å². The van der Waals surface area contributed by atoms with Crippen molar-refractivity contribution in [3.8, 4) is 5.75 Å². The zero-order valence-electron chi connectivity index (χ0n) is 11.2. The van der Waals surface area contributed by atoms with E-state index in [1.807, 2.05) is 6.92 Å². The third kappa shape index (κ3) is 4.16. The van der Waals surface area contributed by atoms with Crippen LogP contribution in [0.4, 0.5) is 8.78 Å². The molecular weight excluding hydrogens is 266 g/mol. The number of nitrogens with one attached hydrogen (secondary N) is 2. The van der Waals surface area contributed by atoms with E-state index in [-0.39, 0.29) is 23.7 Å². The van der Waals surface area contributed by atoms with Crippen LogP contribution in [0.3, 0.4) is 0 Å². The zero-order valence-corrected chi connectivity index (χ0v) is 11.2. The molecule has 0 aromatic heterocycles. The molecule has 20 heavy (non-hydrogen) atoms. The number of rotatable bonds is 6. The summed E-state index contributed by atoms with van der Waals surface area (Å²) in [5, 5.41) is 6.20. The molecule has 1 aromatic rings. The SMILES string of the molecule is CC(NCC1CCC(=O)N1)c1ccc(OC(F)F)cc1. The number of halogens is 2. The summed E-state index contributed by atoms with van der Waals surface area (Å²) in [6, 6.07) is 6.80. The van der Waals surface area contributed by atoms with E-state index in [0.29, 0.717) is 13.0 Å². The van der Waals surface area contributed by atoms with Gasteiger partial charge in [0.1, 0.15) is 5.75 Å². The predicted octanol–water partition coefficient (Wildman–Crippen LogP) is 2.22. The molecule has 6 heteroatoms. The van der Waals surface area contributed by atoms with Crippen molar-refractivity contribution in [2.45, 2.75) is 38.5 Å². The van der Waals surface area contributed by atoms with Crippen LogP contribution in [0.5, 0.6) is 5.75 Å². The minimum absolute atomic E-state index is 0.0769. The second kappa shape index (κ2) is 6.65. The Balaban J connectivity index is 1.82. The molecule has 0 radical (unpaired) electrons. The van der Waals surface area contributed by atoms with Gasteiger partial charge < -0.3 is 15.4 Å². The number of carbonyl (C=O) groups is 1. The molecule has 1 aliphatic rings. The highest BCUT2D eigenvalue weighted by molar-refractivity contribution is 5.78. The van der Waals surface area contributed by atoms with E-state index in [2.05, 4.69) is 15.4 Å². The Kier molecular flexibility index (Phi) is 4.89. The molecule has 0 spiro atoms. The number of amides is 1. The van der Waals surface area contributed by atoms with Crippen LogP contribution in [-0.2, 0) is 4.79 Å². The normalized spacial score (nSPS) is 20.0. The van der Waals surface area contributed by atoms with Gasteiger partial charge in [-0.15, -0.1) is 0 Å². The van der Waals surface area contributed by atoms with E-state index in [1.54, 1.807) is 12.1 Å². The lowest BCUT2D eigenvalue weighted by molar-refractivity contribution is -0.119. The lowest BCUT2D eigenvalue weighted by atomic mass is 10.1. The van der Waals surface area contributed by atoms with Crippen LogP contribution in [0.15, 0.2) is 24.3 Å².